The quantitative estimate of drug-likeness (QED) is 0.530. The van der Waals surface area contributed by atoms with Gasteiger partial charge in [-0.2, -0.15) is 0 Å². The van der Waals surface area contributed by atoms with Crippen molar-refractivity contribution >= 4 is 29.2 Å². The first-order valence-corrected chi connectivity index (χ1v) is 11.4. The first kappa shape index (κ1) is 22.7. The molecule has 2 aliphatic heterocycles. The van der Waals surface area contributed by atoms with Crippen LogP contribution in [0.5, 0.6) is 0 Å². The standard InChI is InChI=1S/C22H35ClN6O/c1-4-21(30)29-10-9-17(16-29)26-22(24-5-2)25-15-18-19(23)7-6-8-20(18)28-13-11-27(3)12-14-28/h6-8,17H,4-5,9-16H2,1-3H3,(H2,24,25,26). The van der Waals surface area contributed by atoms with Crippen LogP contribution in [0.4, 0.5) is 5.69 Å². The maximum absolute atomic E-state index is 12.0. The fourth-order valence-electron chi connectivity index (χ4n) is 4.05. The maximum atomic E-state index is 12.0. The van der Waals surface area contributed by atoms with E-state index in [9.17, 15) is 4.79 Å². The molecule has 1 aromatic rings. The summed E-state index contributed by atoms with van der Waals surface area (Å²) in [6, 6.07) is 6.33. The van der Waals surface area contributed by atoms with E-state index in [1.165, 1.54) is 5.69 Å². The molecule has 2 saturated heterocycles. The lowest BCUT2D eigenvalue weighted by atomic mass is 10.1. The Morgan fingerprint density at radius 3 is 2.67 bits per heavy atom. The SMILES string of the molecule is CCNC(=NCc1c(Cl)cccc1N1CCN(C)CC1)NC1CCN(C(=O)CC)C1. The average molecular weight is 435 g/mol. The van der Waals surface area contributed by atoms with Gasteiger partial charge < -0.3 is 25.3 Å². The van der Waals surface area contributed by atoms with Crippen molar-refractivity contribution in [2.45, 2.75) is 39.3 Å². The van der Waals surface area contributed by atoms with E-state index in [0.717, 1.165) is 68.8 Å². The summed E-state index contributed by atoms with van der Waals surface area (Å²) in [7, 11) is 2.16. The van der Waals surface area contributed by atoms with Crippen LogP contribution in [0.25, 0.3) is 0 Å². The molecule has 0 bridgehead atoms. The molecule has 1 aromatic carbocycles. The van der Waals surface area contributed by atoms with Gasteiger partial charge >= 0.3 is 0 Å². The molecule has 30 heavy (non-hydrogen) atoms. The second kappa shape index (κ2) is 10.9. The van der Waals surface area contributed by atoms with Crippen molar-refractivity contribution in [3.05, 3.63) is 28.8 Å². The fraction of sp³-hybridized carbons (Fsp3) is 0.636. The third-order valence-corrected chi connectivity index (χ3v) is 6.22. The van der Waals surface area contributed by atoms with Crippen molar-refractivity contribution in [1.29, 1.82) is 0 Å². The van der Waals surface area contributed by atoms with Gasteiger partial charge in [-0.1, -0.05) is 24.6 Å². The molecule has 0 radical (unpaired) electrons. The van der Waals surface area contributed by atoms with Crippen LogP contribution < -0.4 is 15.5 Å². The van der Waals surface area contributed by atoms with Gasteiger partial charge in [0.25, 0.3) is 0 Å². The van der Waals surface area contributed by atoms with E-state index in [1.54, 1.807) is 0 Å². The smallest absolute Gasteiger partial charge is 0.222 e. The molecule has 1 unspecified atom stereocenters. The Morgan fingerprint density at radius 1 is 1.20 bits per heavy atom. The molecular weight excluding hydrogens is 400 g/mol. The van der Waals surface area contributed by atoms with E-state index in [2.05, 4.69) is 40.5 Å². The van der Waals surface area contributed by atoms with Crippen molar-refractivity contribution in [2.75, 3.05) is 57.8 Å². The molecule has 0 aromatic heterocycles. The predicted molar refractivity (Wildman–Crippen MR) is 124 cm³/mol. The number of likely N-dealkylation sites (N-methyl/N-ethyl adjacent to an activating group) is 1. The van der Waals surface area contributed by atoms with E-state index in [4.69, 9.17) is 16.6 Å². The number of benzene rings is 1. The normalized spacial score (nSPS) is 20.5. The Bertz CT molecular complexity index is 747. The lowest BCUT2D eigenvalue weighted by Gasteiger charge is -2.35. The summed E-state index contributed by atoms with van der Waals surface area (Å²) in [5.41, 5.74) is 2.24. The zero-order valence-corrected chi connectivity index (χ0v) is 19.2. The Balaban J connectivity index is 1.70. The summed E-state index contributed by atoms with van der Waals surface area (Å²) in [4.78, 5) is 23.5. The molecule has 2 aliphatic rings. The molecule has 0 saturated carbocycles. The molecule has 2 N–H and O–H groups in total. The summed E-state index contributed by atoms with van der Waals surface area (Å²) in [5.74, 6) is 0.992. The number of nitrogens with one attached hydrogen (secondary N) is 2. The maximum Gasteiger partial charge on any atom is 0.222 e. The largest absolute Gasteiger partial charge is 0.369 e. The third kappa shape index (κ3) is 5.79. The zero-order valence-electron chi connectivity index (χ0n) is 18.5. The van der Waals surface area contributed by atoms with Crippen LogP contribution >= 0.6 is 11.6 Å². The fourth-order valence-corrected chi connectivity index (χ4v) is 4.28. The highest BCUT2D eigenvalue weighted by atomic mass is 35.5. The van der Waals surface area contributed by atoms with E-state index >= 15 is 0 Å². The number of aliphatic imine (C=N–C) groups is 1. The Kier molecular flexibility index (Phi) is 8.22. The van der Waals surface area contributed by atoms with Crippen LogP contribution in [0.15, 0.2) is 23.2 Å². The number of halogens is 1. The summed E-state index contributed by atoms with van der Waals surface area (Å²) in [6.07, 6.45) is 1.50. The number of hydrogen-bond donors (Lipinski definition) is 2. The molecule has 2 fully saturated rings. The molecule has 166 valence electrons. The van der Waals surface area contributed by atoms with Gasteiger partial charge in [0.05, 0.1) is 6.54 Å². The van der Waals surface area contributed by atoms with Gasteiger partial charge in [0.2, 0.25) is 5.91 Å². The number of carbonyl (C=O) groups excluding carboxylic acids is 1. The number of guanidine groups is 1. The number of carbonyl (C=O) groups is 1. The summed E-state index contributed by atoms with van der Waals surface area (Å²) in [5, 5.41) is 7.59. The Morgan fingerprint density at radius 2 is 1.97 bits per heavy atom. The third-order valence-electron chi connectivity index (χ3n) is 5.86. The van der Waals surface area contributed by atoms with Gasteiger partial charge in [-0.15, -0.1) is 0 Å². The summed E-state index contributed by atoms with van der Waals surface area (Å²) < 4.78 is 0. The van der Waals surface area contributed by atoms with Crippen molar-refractivity contribution < 1.29 is 4.79 Å². The first-order valence-electron chi connectivity index (χ1n) is 11.0. The van der Waals surface area contributed by atoms with Crippen LogP contribution in [-0.4, -0.2) is 80.6 Å². The van der Waals surface area contributed by atoms with Gasteiger partial charge in [-0.3, -0.25) is 4.79 Å². The lowest BCUT2D eigenvalue weighted by molar-refractivity contribution is -0.129. The van der Waals surface area contributed by atoms with Gasteiger partial charge in [-0.25, -0.2) is 4.99 Å². The second-order valence-corrected chi connectivity index (χ2v) is 8.45. The van der Waals surface area contributed by atoms with Crippen molar-refractivity contribution in [2.24, 2.45) is 4.99 Å². The van der Waals surface area contributed by atoms with Crippen LogP contribution in [0.2, 0.25) is 5.02 Å². The minimum Gasteiger partial charge on any atom is -0.369 e. The monoisotopic (exact) mass is 434 g/mol. The minimum absolute atomic E-state index is 0.217. The lowest BCUT2D eigenvalue weighted by Crippen LogP contribution is -2.45. The van der Waals surface area contributed by atoms with E-state index < -0.39 is 0 Å². The van der Waals surface area contributed by atoms with Crippen molar-refractivity contribution in [3.8, 4) is 0 Å². The first-order chi connectivity index (χ1) is 14.5. The molecular formula is C22H35ClN6O. The molecule has 8 heteroatoms. The zero-order chi connectivity index (χ0) is 21.5. The molecule has 0 spiro atoms. The summed E-state index contributed by atoms with van der Waals surface area (Å²) >= 11 is 6.59. The molecule has 1 atom stereocenters. The van der Waals surface area contributed by atoms with Crippen molar-refractivity contribution in [3.63, 3.8) is 0 Å². The second-order valence-electron chi connectivity index (χ2n) is 8.05. The number of anilines is 1. The molecule has 2 heterocycles. The minimum atomic E-state index is 0.217. The Hall–Kier alpha value is -1.99. The van der Waals surface area contributed by atoms with Crippen LogP contribution in [0, 0.1) is 0 Å². The number of likely N-dealkylation sites (tertiary alicyclic amines) is 1. The number of amides is 1. The van der Waals surface area contributed by atoms with Crippen LogP contribution in [0.1, 0.15) is 32.3 Å². The number of piperazine rings is 1. The molecule has 1 amide bonds. The van der Waals surface area contributed by atoms with Gasteiger partial charge in [0.15, 0.2) is 5.96 Å². The number of nitrogens with zero attached hydrogens (tertiary/aromatic N) is 4. The average Bonchev–Trinajstić information content (AvgIpc) is 3.21. The highest BCUT2D eigenvalue weighted by Crippen LogP contribution is 2.29. The van der Waals surface area contributed by atoms with Crippen LogP contribution in [0.3, 0.4) is 0 Å². The van der Waals surface area contributed by atoms with Gasteiger partial charge in [0.1, 0.15) is 0 Å². The van der Waals surface area contributed by atoms with E-state index in [1.807, 2.05) is 24.0 Å². The van der Waals surface area contributed by atoms with Gasteiger partial charge in [-0.05, 0) is 32.5 Å². The van der Waals surface area contributed by atoms with E-state index in [0.29, 0.717) is 13.0 Å². The highest BCUT2D eigenvalue weighted by molar-refractivity contribution is 6.31. The van der Waals surface area contributed by atoms with Crippen LogP contribution in [-0.2, 0) is 11.3 Å². The molecule has 7 nitrogen and oxygen atoms in total. The van der Waals surface area contributed by atoms with Gasteiger partial charge in [0, 0.05) is 74.5 Å². The number of rotatable bonds is 6. The topological polar surface area (TPSA) is 63.2 Å². The summed E-state index contributed by atoms with van der Waals surface area (Å²) in [6.45, 7) is 10.9. The Labute approximate surface area is 185 Å². The van der Waals surface area contributed by atoms with E-state index in [-0.39, 0.29) is 11.9 Å². The number of hydrogen-bond acceptors (Lipinski definition) is 4. The molecule has 0 aliphatic carbocycles. The highest BCUT2D eigenvalue weighted by Gasteiger charge is 2.26. The predicted octanol–water partition coefficient (Wildman–Crippen LogP) is 2.16. The van der Waals surface area contributed by atoms with Crippen molar-refractivity contribution in [1.82, 2.24) is 20.4 Å². The molecule has 3 rings (SSSR count).